The molecule has 0 saturated carbocycles. The second-order valence-corrected chi connectivity index (χ2v) is 6.31. The van der Waals surface area contributed by atoms with E-state index in [1.807, 2.05) is 12.1 Å². The van der Waals surface area contributed by atoms with Crippen LogP contribution in [0.15, 0.2) is 16.6 Å². The van der Waals surface area contributed by atoms with Crippen LogP contribution in [-0.4, -0.2) is 43.4 Å². The molecule has 4 nitrogen and oxygen atoms in total. The molecule has 1 heterocycles. The minimum absolute atomic E-state index is 0.218. The molecule has 1 aliphatic rings. The molecule has 0 bridgehead atoms. The third kappa shape index (κ3) is 4.11. The summed E-state index contributed by atoms with van der Waals surface area (Å²) in [5, 5.41) is 9.63. The van der Waals surface area contributed by atoms with Gasteiger partial charge in [-0.25, -0.2) is 0 Å². The number of aliphatic hydroxyl groups is 1. The molecule has 0 amide bonds. The Balaban J connectivity index is 2.23. The van der Waals surface area contributed by atoms with E-state index >= 15 is 0 Å². The summed E-state index contributed by atoms with van der Waals surface area (Å²) in [6, 6.07) is 4.20. The van der Waals surface area contributed by atoms with Crippen LogP contribution in [-0.2, 0) is 6.54 Å². The number of hydrogen-bond acceptors (Lipinski definition) is 4. The standard InChI is InChI=1S/C16H24BrNO3/c1-20-15-9-14(17)16(21-2)8-12(15)10-18-7-5-3-4-6-13(18)11-19/h8-9,13,19H,3-7,10-11H2,1-2H3. The van der Waals surface area contributed by atoms with Crippen LogP contribution in [0, 0.1) is 0 Å². The lowest BCUT2D eigenvalue weighted by molar-refractivity contribution is 0.117. The van der Waals surface area contributed by atoms with Gasteiger partial charge in [0.05, 0.1) is 25.3 Å². The first-order chi connectivity index (χ1) is 10.2. The summed E-state index contributed by atoms with van der Waals surface area (Å²) in [6.07, 6.45) is 4.69. The number of benzene rings is 1. The Bertz CT molecular complexity index is 467. The van der Waals surface area contributed by atoms with Gasteiger partial charge >= 0.3 is 0 Å². The van der Waals surface area contributed by atoms with Crippen LogP contribution in [0.2, 0.25) is 0 Å². The van der Waals surface area contributed by atoms with E-state index < -0.39 is 0 Å². The van der Waals surface area contributed by atoms with E-state index in [0.717, 1.165) is 41.0 Å². The highest BCUT2D eigenvalue weighted by Gasteiger charge is 2.22. The van der Waals surface area contributed by atoms with Crippen molar-refractivity contribution in [1.29, 1.82) is 0 Å². The van der Waals surface area contributed by atoms with E-state index in [1.54, 1.807) is 14.2 Å². The molecular weight excluding hydrogens is 334 g/mol. The van der Waals surface area contributed by atoms with Gasteiger partial charge in [-0.15, -0.1) is 0 Å². The van der Waals surface area contributed by atoms with Crippen LogP contribution >= 0.6 is 15.9 Å². The van der Waals surface area contributed by atoms with Crippen molar-refractivity contribution in [3.05, 3.63) is 22.2 Å². The highest BCUT2D eigenvalue weighted by Crippen LogP contribution is 2.34. The highest BCUT2D eigenvalue weighted by molar-refractivity contribution is 9.10. The Hall–Kier alpha value is -0.780. The Morgan fingerprint density at radius 3 is 2.62 bits per heavy atom. The fourth-order valence-electron chi connectivity index (χ4n) is 2.92. The van der Waals surface area contributed by atoms with E-state index in [9.17, 15) is 5.11 Å². The lowest BCUT2D eigenvalue weighted by atomic mass is 10.1. The van der Waals surface area contributed by atoms with Crippen LogP contribution in [0.25, 0.3) is 0 Å². The zero-order chi connectivity index (χ0) is 15.2. The third-order valence-electron chi connectivity index (χ3n) is 4.14. The quantitative estimate of drug-likeness (QED) is 0.878. The van der Waals surface area contributed by atoms with E-state index in [1.165, 1.54) is 19.3 Å². The molecule has 1 atom stereocenters. The van der Waals surface area contributed by atoms with Gasteiger partial charge in [0.15, 0.2) is 0 Å². The summed E-state index contributed by atoms with van der Waals surface area (Å²) < 4.78 is 11.8. The normalized spacial score (nSPS) is 20.1. The summed E-state index contributed by atoms with van der Waals surface area (Å²) in [6.45, 7) is 2.01. The molecule has 2 rings (SSSR count). The van der Waals surface area contributed by atoms with Gasteiger partial charge in [-0.05, 0) is 47.4 Å². The molecule has 1 aliphatic heterocycles. The molecule has 1 fully saturated rings. The Labute approximate surface area is 135 Å². The maximum Gasteiger partial charge on any atom is 0.133 e. The minimum Gasteiger partial charge on any atom is -0.496 e. The van der Waals surface area contributed by atoms with Crippen molar-refractivity contribution in [2.75, 3.05) is 27.4 Å². The summed E-state index contributed by atoms with van der Waals surface area (Å²) in [4.78, 5) is 2.36. The van der Waals surface area contributed by atoms with Gasteiger partial charge in [-0.2, -0.15) is 0 Å². The minimum atomic E-state index is 0.218. The molecule has 0 aliphatic carbocycles. The maximum atomic E-state index is 9.63. The second kappa shape index (κ2) is 8.01. The van der Waals surface area contributed by atoms with Crippen molar-refractivity contribution in [3.63, 3.8) is 0 Å². The summed E-state index contributed by atoms with van der Waals surface area (Å²) in [5.74, 6) is 1.66. The number of methoxy groups -OCH3 is 2. The number of rotatable bonds is 5. The average Bonchev–Trinajstić information content (AvgIpc) is 2.73. The first-order valence-corrected chi connectivity index (χ1v) is 8.24. The first-order valence-electron chi connectivity index (χ1n) is 7.45. The fraction of sp³-hybridized carbons (Fsp3) is 0.625. The SMILES string of the molecule is COc1cc(CN2CCCCCC2CO)c(OC)cc1Br. The molecule has 0 aromatic heterocycles. The molecule has 1 aromatic carbocycles. The largest absolute Gasteiger partial charge is 0.496 e. The Morgan fingerprint density at radius 2 is 1.95 bits per heavy atom. The molecule has 0 radical (unpaired) electrons. The molecule has 1 saturated heterocycles. The van der Waals surface area contributed by atoms with Crippen molar-refractivity contribution in [3.8, 4) is 11.5 Å². The first kappa shape index (κ1) is 16.6. The van der Waals surface area contributed by atoms with E-state index in [4.69, 9.17) is 9.47 Å². The molecule has 5 heteroatoms. The molecule has 0 spiro atoms. The van der Waals surface area contributed by atoms with Gasteiger partial charge in [-0.3, -0.25) is 4.90 Å². The number of halogens is 1. The number of ether oxygens (including phenoxy) is 2. The van der Waals surface area contributed by atoms with Crippen LogP contribution in [0.1, 0.15) is 31.2 Å². The number of likely N-dealkylation sites (tertiary alicyclic amines) is 1. The van der Waals surface area contributed by atoms with E-state index in [0.29, 0.717) is 0 Å². The van der Waals surface area contributed by atoms with Crippen LogP contribution in [0.5, 0.6) is 11.5 Å². The van der Waals surface area contributed by atoms with Crippen molar-refractivity contribution >= 4 is 15.9 Å². The monoisotopic (exact) mass is 357 g/mol. The van der Waals surface area contributed by atoms with Crippen molar-refractivity contribution in [2.45, 2.75) is 38.3 Å². The number of hydrogen-bond donors (Lipinski definition) is 1. The molecule has 1 unspecified atom stereocenters. The van der Waals surface area contributed by atoms with E-state index in [-0.39, 0.29) is 12.6 Å². The van der Waals surface area contributed by atoms with Crippen LogP contribution in [0.3, 0.4) is 0 Å². The zero-order valence-corrected chi connectivity index (χ0v) is 14.4. The summed E-state index contributed by atoms with van der Waals surface area (Å²) in [7, 11) is 3.35. The van der Waals surface area contributed by atoms with Crippen LogP contribution < -0.4 is 9.47 Å². The molecule has 1 aromatic rings. The molecule has 21 heavy (non-hydrogen) atoms. The second-order valence-electron chi connectivity index (χ2n) is 5.45. The van der Waals surface area contributed by atoms with Gasteiger partial charge in [0, 0.05) is 18.2 Å². The van der Waals surface area contributed by atoms with Crippen molar-refractivity contribution in [1.82, 2.24) is 4.90 Å². The Morgan fingerprint density at radius 1 is 1.19 bits per heavy atom. The zero-order valence-electron chi connectivity index (χ0n) is 12.8. The van der Waals surface area contributed by atoms with Crippen molar-refractivity contribution in [2.24, 2.45) is 0 Å². The lowest BCUT2D eigenvalue weighted by Crippen LogP contribution is -2.37. The summed E-state index contributed by atoms with van der Waals surface area (Å²) in [5.41, 5.74) is 1.10. The van der Waals surface area contributed by atoms with Crippen molar-refractivity contribution < 1.29 is 14.6 Å². The topological polar surface area (TPSA) is 41.9 Å². The maximum absolute atomic E-state index is 9.63. The fourth-order valence-corrected chi connectivity index (χ4v) is 3.40. The third-order valence-corrected chi connectivity index (χ3v) is 4.76. The molecule has 1 N–H and O–H groups in total. The predicted octanol–water partition coefficient (Wildman–Crippen LogP) is 3.20. The molecule has 118 valence electrons. The smallest absolute Gasteiger partial charge is 0.133 e. The highest BCUT2D eigenvalue weighted by atomic mass is 79.9. The van der Waals surface area contributed by atoms with Gasteiger partial charge in [0.25, 0.3) is 0 Å². The average molecular weight is 358 g/mol. The number of nitrogens with zero attached hydrogens (tertiary/aromatic N) is 1. The van der Waals surface area contributed by atoms with Gasteiger partial charge in [-0.1, -0.05) is 12.8 Å². The van der Waals surface area contributed by atoms with Crippen LogP contribution in [0.4, 0.5) is 0 Å². The summed E-state index contributed by atoms with van der Waals surface area (Å²) >= 11 is 3.49. The molecular formula is C16H24BrNO3. The predicted molar refractivity (Wildman–Crippen MR) is 87.0 cm³/mol. The van der Waals surface area contributed by atoms with Gasteiger partial charge in [0.2, 0.25) is 0 Å². The van der Waals surface area contributed by atoms with Gasteiger partial charge in [0.1, 0.15) is 11.5 Å². The van der Waals surface area contributed by atoms with Gasteiger partial charge < -0.3 is 14.6 Å². The Kier molecular flexibility index (Phi) is 6.33. The number of aliphatic hydroxyl groups excluding tert-OH is 1. The van der Waals surface area contributed by atoms with E-state index in [2.05, 4.69) is 20.8 Å². The lowest BCUT2D eigenvalue weighted by Gasteiger charge is -2.29.